The molecular formula is C36H56FN5O3. The van der Waals surface area contributed by atoms with Gasteiger partial charge in [-0.3, -0.25) is 14.5 Å². The summed E-state index contributed by atoms with van der Waals surface area (Å²) in [6.45, 7) is 5.88. The molecule has 10 atom stereocenters. The summed E-state index contributed by atoms with van der Waals surface area (Å²) >= 11 is 0. The second-order valence-corrected chi connectivity index (χ2v) is 16.0. The number of halogens is 1. The van der Waals surface area contributed by atoms with Crippen molar-refractivity contribution in [1.82, 2.24) is 24.9 Å². The maximum atomic E-state index is 16.6. The number of alkyl halides is 1. The van der Waals surface area contributed by atoms with Gasteiger partial charge >= 0.3 is 0 Å². The Labute approximate surface area is 269 Å². The number of fused-ring (bicyclic) bond motifs is 3. The fraction of sp³-hybridized carbons (Fsp3) is 0.889. The highest BCUT2D eigenvalue weighted by molar-refractivity contribution is 6.20. The Kier molecular flexibility index (Phi) is 8.76. The zero-order valence-electron chi connectivity index (χ0n) is 27.5. The summed E-state index contributed by atoms with van der Waals surface area (Å²) in [5.41, 5.74) is 0.248. The van der Waals surface area contributed by atoms with Crippen LogP contribution in [-0.2, 0) is 14.3 Å². The average molecular weight is 626 g/mol. The third kappa shape index (κ3) is 5.69. The van der Waals surface area contributed by atoms with E-state index in [0.717, 1.165) is 58.2 Å². The van der Waals surface area contributed by atoms with Gasteiger partial charge in [-0.05, 0) is 103 Å². The Morgan fingerprint density at radius 1 is 0.889 bits per heavy atom. The van der Waals surface area contributed by atoms with Crippen molar-refractivity contribution in [1.29, 1.82) is 0 Å². The highest BCUT2D eigenvalue weighted by Gasteiger charge is 2.60. The van der Waals surface area contributed by atoms with Crippen molar-refractivity contribution >= 4 is 11.7 Å². The SMILES string of the molecule is CN1CCCC1CCNC(=O)C1=CN2C3CC4CCCCC4CC3OC3C(N4CCC(N5CCCC5)CC4)C(F)CC(C1=O)C32. The van der Waals surface area contributed by atoms with Gasteiger partial charge in [0.05, 0.1) is 35.9 Å². The molecule has 0 aromatic heterocycles. The third-order valence-corrected chi connectivity index (χ3v) is 13.7. The molecule has 0 radical (unpaired) electrons. The molecule has 0 spiro atoms. The summed E-state index contributed by atoms with van der Waals surface area (Å²) in [6.07, 6.45) is 15.9. The Hall–Kier alpha value is -1.55. The van der Waals surface area contributed by atoms with E-state index in [4.69, 9.17) is 4.74 Å². The Bertz CT molecular complexity index is 1140. The second-order valence-electron chi connectivity index (χ2n) is 16.0. The number of ketones is 1. The van der Waals surface area contributed by atoms with Gasteiger partial charge in [0.25, 0.3) is 5.91 Å². The van der Waals surface area contributed by atoms with Gasteiger partial charge in [0, 0.05) is 43.8 Å². The first-order valence-corrected chi connectivity index (χ1v) is 18.8. The highest BCUT2D eigenvalue weighted by Crippen LogP contribution is 2.51. The van der Waals surface area contributed by atoms with Crippen LogP contribution in [0.25, 0.3) is 0 Å². The van der Waals surface area contributed by atoms with Gasteiger partial charge in [-0.1, -0.05) is 25.7 Å². The minimum atomic E-state index is -1.13. The molecule has 9 heteroatoms. The molecule has 7 fully saturated rings. The van der Waals surface area contributed by atoms with Crippen molar-refractivity contribution in [3.8, 4) is 0 Å². The maximum absolute atomic E-state index is 16.6. The first kappa shape index (κ1) is 30.8. The molecule has 10 unspecified atom stereocenters. The minimum Gasteiger partial charge on any atom is -0.369 e. The van der Waals surface area contributed by atoms with Crippen molar-refractivity contribution in [2.24, 2.45) is 17.8 Å². The van der Waals surface area contributed by atoms with Crippen LogP contribution in [0.4, 0.5) is 4.39 Å². The lowest BCUT2D eigenvalue weighted by Gasteiger charge is -2.62. The van der Waals surface area contributed by atoms with E-state index in [1.54, 1.807) is 0 Å². The van der Waals surface area contributed by atoms with Crippen LogP contribution in [0.5, 0.6) is 0 Å². The number of nitrogens with one attached hydrogen (secondary N) is 1. The summed E-state index contributed by atoms with van der Waals surface area (Å²) in [6, 6.07) is 0.755. The fourth-order valence-corrected chi connectivity index (χ4v) is 11.3. The monoisotopic (exact) mass is 625 g/mol. The summed E-state index contributed by atoms with van der Waals surface area (Å²) in [7, 11) is 2.15. The molecule has 4 saturated heterocycles. The molecule has 8 rings (SSSR count). The maximum Gasteiger partial charge on any atom is 0.256 e. The van der Waals surface area contributed by atoms with E-state index in [0.29, 0.717) is 30.5 Å². The lowest BCUT2D eigenvalue weighted by Crippen LogP contribution is -2.74. The van der Waals surface area contributed by atoms with Crippen molar-refractivity contribution < 1.29 is 18.7 Å². The number of carbonyl (C=O) groups is 2. The van der Waals surface area contributed by atoms with E-state index in [-0.39, 0.29) is 54.0 Å². The van der Waals surface area contributed by atoms with Crippen molar-refractivity contribution in [2.75, 3.05) is 46.3 Å². The quantitative estimate of drug-likeness (QED) is 0.451. The molecule has 0 aromatic carbocycles. The first-order chi connectivity index (χ1) is 22.0. The van der Waals surface area contributed by atoms with Crippen LogP contribution >= 0.6 is 0 Å². The van der Waals surface area contributed by atoms with Crippen LogP contribution in [-0.4, -0.2) is 126 Å². The van der Waals surface area contributed by atoms with Gasteiger partial charge in [-0.25, -0.2) is 4.39 Å². The Morgan fingerprint density at radius 3 is 2.38 bits per heavy atom. The standard InChI is InChI=1S/C36H56FN5O3/c1-39-14-6-9-25(39)10-13-38-36(44)28-22-42-30-19-23-7-2-3-8-24(23)20-31(30)45-35-32(42)27(34(28)43)21-29(37)33(35)41-17-11-26(12-18-41)40-15-4-5-16-40/h22-27,29-33,35H,2-21H2,1H3,(H,38,44). The molecule has 1 N–H and O–H groups in total. The predicted octanol–water partition coefficient (Wildman–Crippen LogP) is 3.75. The second kappa shape index (κ2) is 12.8. The number of nitrogens with zero attached hydrogens (tertiary/aromatic N) is 4. The Balaban J connectivity index is 1.04. The molecule has 250 valence electrons. The van der Waals surface area contributed by atoms with Crippen LogP contribution in [0.1, 0.15) is 89.9 Å². The van der Waals surface area contributed by atoms with Crippen LogP contribution < -0.4 is 5.32 Å². The van der Waals surface area contributed by atoms with E-state index in [2.05, 4.69) is 32.0 Å². The summed E-state index contributed by atoms with van der Waals surface area (Å²) in [4.78, 5) is 37.5. The molecule has 0 aromatic rings. The average Bonchev–Trinajstić information content (AvgIpc) is 3.74. The summed E-state index contributed by atoms with van der Waals surface area (Å²) < 4.78 is 23.7. The van der Waals surface area contributed by atoms with Crippen LogP contribution in [0.3, 0.4) is 0 Å². The van der Waals surface area contributed by atoms with E-state index < -0.39 is 12.1 Å². The normalized spacial score (nSPS) is 43.0. The van der Waals surface area contributed by atoms with E-state index in [9.17, 15) is 9.59 Å². The van der Waals surface area contributed by atoms with Crippen LogP contribution in [0.15, 0.2) is 11.8 Å². The molecule has 1 amide bonds. The number of Topliss-reactive ketones (excluding diaryl/α,β-unsaturated/α-hetero) is 1. The Morgan fingerprint density at radius 2 is 1.64 bits per heavy atom. The largest absolute Gasteiger partial charge is 0.369 e. The molecule has 45 heavy (non-hydrogen) atoms. The predicted molar refractivity (Wildman–Crippen MR) is 171 cm³/mol. The van der Waals surface area contributed by atoms with Crippen LogP contribution in [0.2, 0.25) is 0 Å². The molecule has 5 heterocycles. The smallest absolute Gasteiger partial charge is 0.256 e. The number of hydrogen-bond donors (Lipinski definition) is 1. The van der Waals surface area contributed by atoms with Crippen LogP contribution in [0, 0.1) is 17.8 Å². The molecule has 3 saturated carbocycles. The number of morpholine rings is 1. The lowest BCUT2D eigenvalue weighted by molar-refractivity contribution is -0.222. The van der Waals surface area contributed by atoms with E-state index in [1.165, 1.54) is 58.0 Å². The molecule has 3 aliphatic carbocycles. The number of piperidine rings is 1. The number of carbonyl (C=O) groups excluding carboxylic acids is 2. The number of likely N-dealkylation sites (tertiary alicyclic amines) is 3. The zero-order chi connectivity index (χ0) is 30.7. The van der Waals surface area contributed by atoms with Gasteiger partial charge in [0.1, 0.15) is 6.17 Å². The minimum absolute atomic E-state index is 0.0351. The fourth-order valence-electron chi connectivity index (χ4n) is 11.3. The highest BCUT2D eigenvalue weighted by atomic mass is 19.1. The number of rotatable bonds is 6. The molecule has 8 aliphatic rings. The van der Waals surface area contributed by atoms with Crippen molar-refractivity contribution in [3.05, 3.63) is 11.8 Å². The van der Waals surface area contributed by atoms with Gasteiger partial charge in [-0.2, -0.15) is 0 Å². The number of amides is 1. The van der Waals surface area contributed by atoms with Crippen molar-refractivity contribution in [2.45, 2.75) is 138 Å². The van der Waals surface area contributed by atoms with Crippen molar-refractivity contribution in [3.63, 3.8) is 0 Å². The first-order valence-electron chi connectivity index (χ1n) is 18.8. The van der Waals surface area contributed by atoms with Gasteiger partial charge < -0.3 is 24.8 Å². The van der Waals surface area contributed by atoms with E-state index >= 15 is 4.39 Å². The molecular weight excluding hydrogens is 569 g/mol. The van der Waals surface area contributed by atoms with Gasteiger partial charge in [0.15, 0.2) is 5.78 Å². The molecule has 8 nitrogen and oxygen atoms in total. The van der Waals surface area contributed by atoms with E-state index in [1.807, 2.05) is 6.20 Å². The van der Waals surface area contributed by atoms with Gasteiger partial charge in [-0.15, -0.1) is 0 Å². The topological polar surface area (TPSA) is 68.4 Å². The van der Waals surface area contributed by atoms with Gasteiger partial charge in [0.2, 0.25) is 0 Å². The zero-order valence-corrected chi connectivity index (χ0v) is 27.5. The summed E-state index contributed by atoms with van der Waals surface area (Å²) in [5.74, 6) is 0.396. The number of hydrogen-bond acceptors (Lipinski definition) is 7. The lowest BCUT2D eigenvalue weighted by atomic mass is 9.64. The molecule has 5 aliphatic heterocycles. The number of ether oxygens (including phenoxy) is 1. The third-order valence-electron chi connectivity index (χ3n) is 13.7. The molecule has 0 bridgehead atoms. The summed E-state index contributed by atoms with van der Waals surface area (Å²) in [5, 5.41) is 3.10.